The molecule has 4 rings (SSSR count). The van der Waals surface area contributed by atoms with Crippen molar-refractivity contribution in [2.45, 2.75) is 20.8 Å². The van der Waals surface area contributed by atoms with Gasteiger partial charge in [-0.2, -0.15) is 0 Å². The standard InChI is InChI=1S/C23H20FN3OS/c1-14-5-4-6-19(11-14)25-23-26-22(28)21(29-23)13-17-12-15(2)27(16(17)3)20-9-7-18(24)8-10-20/h4-13H,1-3H3,(H,25,26,28)/b21-13-. The summed E-state index contributed by atoms with van der Waals surface area (Å²) in [4.78, 5) is 17.5. The number of nitrogens with one attached hydrogen (secondary N) is 1. The SMILES string of the molecule is Cc1cccc(N=C2NC(=O)/C(=C/c3cc(C)n(-c4ccc(F)cc4)c3C)S2)c1. The lowest BCUT2D eigenvalue weighted by Gasteiger charge is -2.09. The van der Waals surface area contributed by atoms with Gasteiger partial charge in [-0.15, -0.1) is 0 Å². The summed E-state index contributed by atoms with van der Waals surface area (Å²) in [5.41, 5.74) is 5.75. The predicted molar refractivity (Wildman–Crippen MR) is 117 cm³/mol. The number of thioether (sulfide) groups is 1. The number of hydrogen-bond acceptors (Lipinski definition) is 3. The van der Waals surface area contributed by atoms with E-state index in [9.17, 15) is 9.18 Å². The van der Waals surface area contributed by atoms with Crippen LogP contribution in [-0.4, -0.2) is 15.6 Å². The number of aromatic nitrogens is 1. The third-order valence-corrected chi connectivity index (χ3v) is 5.63. The molecule has 0 unspecified atom stereocenters. The van der Waals surface area contributed by atoms with E-state index in [1.165, 1.54) is 23.9 Å². The summed E-state index contributed by atoms with van der Waals surface area (Å²) < 4.78 is 15.3. The van der Waals surface area contributed by atoms with E-state index < -0.39 is 0 Å². The van der Waals surface area contributed by atoms with Gasteiger partial charge in [-0.1, -0.05) is 12.1 Å². The van der Waals surface area contributed by atoms with Gasteiger partial charge in [0.2, 0.25) is 0 Å². The molecule has 0 atom stereocenters. The van der Waals surface area contributed by atoms with Gasteiger partial charge in [-0.25, -0.2) is 9.38 Å². The molecule has 4 nitrogen and oxygen atoms in total. The first-order chi connectivity index (χ1) is 13.9. The summed E-state index contributed by atoms with van der Waals surface area (Å²) in [6.45, 7) is 5.99. The molecule has 2 heterocycles. The van der Waals surface area contributed by atoms with Crippen LogP contribution in [0.4, 0.5) is 10.1 Å². The zero-order valence-corrected chi connectivity index (χ0v) is 17.2. The first-order valence-corrected chi connectivity index (χ1v) is 10.0. The number of benzene rings is 2. The Hall–Kier alpha value is -3.12. The fourth-order valence-corrected chi connectivity index (χ4v) is 4.19. The quantitative estimate of drug-likeness (QED) is 0.591. The molecule has 1 aromatic heterocycles. The van der Waals surface area contributed by atoms with Crippen molar-refractivity contribution in [1.82, 2.24) is 9.88 Å². The molecular weight excluding hydrogens is 385 g/mol. The van der Waals surface area contributed by atoms with Gasteiger partial charge in [0.05, 0.1) is 10.6 Å². The van der Waals surface area contributed by atoms with E-state index in [0.717, 1.165) is 33.9 Å². The van der Waals surface area contributed by atoms with Crippen LogP contribution in [0.1, 0.15) is 22.5 Å². The highest BCUT2D eigenvalue weighted by Crippen LogP contribution is 2.30. The fraction of sp³-hybridized carbons (Fsp3) is 0.130. The van der Waals surface area contributed by atoms with E-state index in [2.05, 4.69) is 10.3 Å². The van der Waals surface area contributed by atoms with Crippen molar-refractivity contribution < 1.29 is 9.18 Å². The van der Waals surface area contributed by atoms with Crippen LogP contribution in [0, 0.1) is 26.6 Å². The van der Waals surface area contributed by atoms with Crippen LogP contribution in [-0.2, 0) is 4.79 Å². The molecule has 1 saturated heterocycles. The molecule has 0 radical (unpaired) electrons. The molecule has 1 amide bonds. The maximum absolute atomic E-state index is 13.3. The Morgan fingerprint density at radius 2 is 1.83 bits per heavy atom. The number of amides is 1. The zero-order chi connectivity index (χ0) is 20.5. The van der Waals surface area contributed by atoms with Crippen LogP contribution in [0.15, 0.2) is 64.5 Å². The first-order valence-electron chi connectivity index (χ1n) is 9.22. The summed E-state index contributed by atoms with van der Waals surface area (Å²) in [6.07, 6.45) is 1.88. The molecule has 1 aliphatic heterocycles. The number of nitrogens with zero attached hydrogens (tertiary/aromatic N) is 2. The highest BCUT2D eigenvalue weighted by molar-refractivity contribution is 8.18. The zero-order valence-electron chi connectivity index (χ0n) is 16.4. The summed E-state index contributed by atoms with van der Waals surface area (Å²) in [7, 11) is 0. The largest absolute Gasteiger partial charge is 0.318 e. The average Bonchev–Trinajstić information content (AvgIpc) is 3.15. The van der Waals surface area contributed by atoms with Gasteiger partial charge in [-0.3, -0.25) is 4.79 Å². The number of carbonyl (C=O) groups is 1. The monoisotopic (exact) mass is 405 g/mol. The number of carbonyl (C=O) groups excluding carboxylic acids is 1. The molecule has 6 heteroatoms. The highest BCUT2D eigenvalue weighted by Gasteiger charge is 2.24. The van der Waals surface area contributed by atoms with Gasteiger partial charge >= 0.3 is 0 Å². The number of aryl methyl sites for hydroxylation is 2. The van der Waals surface area contributed by atoms with E-state index in [0.29, 0.717) is 10.1 Å². The Labute approximate surface area is 173 Å². The Balaban J connectivity index is 1.64. The van der Waals surface area contributed by atoms with E-state index in [1.807, 2.05) is 61.7 Å². The normalized spacial score (nSPS) is 16.6. The lowest BCUT2D eigenvalue weighted by Crippen LogP contribution is -2.19. The lowest BCUT2D eigenvalue weighted by atomic mass is 10.2. The van der Waals surface area contributed by atoms with Crippen LogP contribution in [0.2, 0.25) is 0 Å². The van der Waals surface area contributed by atoms with Crippen LogP contribution in [0.3, 0.4) is 0 Å². The van der Waals surface area contributed by atoms with E-state index in [1.54, 1.807) is 12.1 Å². The number of halogens is 1. The summed E-state index contributed by atoms with van der Waals surface area (Å²) in [6, 6.07) is 16.2. The van der Waals surface area contributed by atoms with Crippen molar-refractivity contribution in [2.24, 2.45) is 4.99 Å². The highest BCUT2D eigenvalue weighted by atomic mass is 32.2. The molecule has 1 N–H and O–H groups in total. The molecule has 2 aromatic carbocycles. The van der Waals surface area contributed by atoms with E-state index in [4.69, 9.17) is 0 Å². The van der Waals surface area contributed by atoms with Gasteiger partial charge in [0.25, 0.3) is 5.91 Å². The fourth-order valence-electron chi connectivity index (χ4n) is 3.36. The second-order valence-electron chi connectivity index (χ2n) is 6.96. The number of amidine groups is 1. The Morgan fingerprint density at radius 1 is 1.07 bits per heavy atom. The van der Waals surface area contributed by atoms with Crippen molar-refractivity contribution >= 4 is 34.6 Å². The Bertz CT molecular complexity index is 1160. The van der Waals surface area contributed by atoms with Gasteiger partial charge in [0.1, 0.15) is 5.82 Å². The molecule has 1 aliphatic rings. The van der Waals surface area contributed by atoms with E-state index >= 15 is 0 Å². The first kappa shape index (κ1) is 19.2. The van der Waals surface area contributed by atoms with Crippen LogP contribution in [0.25, 0.3) is 11.8 Å². The maximum atomic E-state index is 13.3. The van der Waals surface area contributed by atoms with E-state index in [-0.39, 0.29) is 11.7 Å². The molecule has 146 valence electrons. The minimum Gasteiger partial charge on any atom is -0.318 e. The molecule has 0 saturated carbocycles. The molecular formula is C23H20FN3OS. The van der Waals surface area contributed by atoms with Crippen molar-refractivity contribution in [3.05, 3.63) is 87.8 Å². The Kier molecular flexibility index (Phi) is 5.11. The number of rotatable bonds is 3. The molecule has 3 aromatic rings. The summed E-state index contributed by atoms with van der Waals surface area (Å²) >= 11 is 1.33. The summed E-state index contributed by atoms with van der Waals surface area (Å²) in [5.74, 6) is -0.425. The van der Waals surface area contributed by atoms with Crippen LogP contribution >= 0.6 is 11.8 Å². The minimum absolute atomic E-state index is 0.159. The molecule has 0 spiro atoms. The second-order valence-corrected chi connectivity index (χ2v) is 7.99. The second kappa shape index (κ2) is 7.72. The Morgan fingerprint density at radius 3 is 2.55 bits per heavy atom. The number of hydrogen-bond donors (Lipinski definition) is 1. The number of aliphatic imine (C=N–C) groups is 1. The van der Waals surface area contributed by atoms with Crippen LogP contribution in [0.5, 0.6) is 0 Å². The summed E-state index contributed by atoms with van der Waals surface area (Å²) in [5, 5.41) is 3.40. The van der Waals surface area contributed by atoms with Gasteiger partial charge < -0.3 is 9.88 Å². The van der Waals surface area contributed by atoms with Crippen molar-refractivity contribution in [1.29, 1.82) is 0 Å². The van der Waals surface area contributed by atoms with Crippen molar-refractivity contribution in [3.8, 4) is 5.69 Å². The third-order valence-electron chi connectivity index (χ3n) is 4.72. The topological polar surface area (TPSA) is 46.4 Å². The molecule has 29 heavy (non-hydrogen) atoms. The molecule has 1 fully saturated rings. The molecule has 0 aliphatic carbocycles. The smallest absolute Gasteiger partial charge is 0.264 e. The minimum atomic E-state index is -0.266. The van der Waals surface area contributed by atoms with Gasteiger partial charge in [-0.05, 0) is 92.2 Å². The van der Waals surface area contributed by atoms with Gasteiger partial charge in [0, 0.05) is 17.1 Å². The third kappa shape index (κ3) is 4.03. The van der Waals surface area contributed by atoms with Crippen molar-refractivity contribution in [3.63, 3.8) is 0 Å². The van der Waals surface area contributed by atoms with Crippen LogP contribution < -0.4 is 5.32 Å². The lowest BCUT2D eigenvalue weighted by molar-refractivity contribution is -0.115. The average molecular weight is 405 g/mol. The van der Waals surface area contributed by atoms with Crippen molar-refractivity contribution in [2.75, 3.05) is 0 Å². The maximum Gasteiger partial charge on any atom is 0.264 e. The predicted octanol–water partition coefficient (Wildman–Crippen LogP) is 5.43. The van der Waals surface area contributed by atoms with Gasteiger partial charge in [0.15, 0.2) is 5.17 Å². The molecule has 0 bridgehead atoms.